The third kappa shape index (κ3) is 4.99. The van der Waals surface area contributed by atoms with Crippen molar-refractivity contribution in [2.24, 2.45) is 0 Å². The minimum Gasteiger partial charge on any atom is -0.481 e. The summed E-state index contributed by atoms with van der Waals surface area (Å²) in [6, 6.07) is 3.47. The Morgan fingerprint density at radius 1 is 1.42 bits per heavy atom. The van der Waals surface area contributed by atoms with Crippen molar-refractivity contribution < 1.29 is 19.1 Å². The van der Waals surface area contributed by atoms with E-state index >= 15 is 0 Å². The van der Waals surface area contributed by atoms with Gasteiger partial charge in [-0.2, -0.15) is 0 Å². The molecular formula is C14H19NO4. The Bertz CT molecular complexity index is 454. The lowest BCUT2D eigenvalue weighted by atomic mass is 10.1. The molecule has 1 N–H and O–H groups in total. The third-order valence-corrected chi connectivity index (χ3v) is 2.56. The number of hydrogen-bond donors (Lipinski definition) is 1. The van der Waals surface area contributed by atoms with Crippen LogP contribution in [0.1, 0.15) is 33.0 Å². The van der Waals surface area contributed by atoms with E-state index in [1.807, 2.05) is 20.8 Å². The number of rotatable bonds is 5. The van der Waals surface area contributed by atoms with E-state index < -0.39 is 11.5 Å². The van der Waals surface area contributed by atoms with Gasteiger partial charge in [0.25, 0.3) is 0 Å². The summed E-state index contributed by atoms with van der Waals surface area (Å²) in [7, 11) is 0. The van der Waals surface area contributed by atoms with Gasteiger partial charge in [0, 0.05) is 18.2 Å². The molecule has 0 spiro atoms. The van der Waals surface area contributed by atoms with Gasteiger partial charge in [0.1, 0.15) is 5.76 Å². The summed E-state index contributed by atoms with van der Waals surface area (Å²) >= 11 is 0. The van der Waals surface area contributed by atoms with Gasteiger partial charge in [-0.3, -0.25) is 9.59 Å². The van der Waals surface area contributed by atoms with Gasteiger partial charge in [-0.15, -0.1) is 0 Å². The lowest BCUT2D eigenvalue weighted by Gasteiger charge is -2.34. The molecule has 0 radical (unpaired) electrons. The summed E-state index contributed by atoms with van der Waals surface area (Å²) in [5.41, 5.74) is -0.431. The van der Waals surface area contributed by atoms with Gasteiger partial charge < -0.3 is 14.4 Å². The van der Waals surface area contributed by atoms with Crippen LogP contribution in [-0.2, 0) is 9.59 Å². The fourth-order valence-corrected chi connectivity index (χ4v) is 1.61. The van der Waals surface area contributed by atoms with Crippen LogP contribution in [0.3, 0.4) is 0 Å². The predicted octanol–water partition coefficient (Wildman–Crippen LogP) is 2.39. The van der Waals surface area contributed by atoms with Gasteiger partial charge in [0.05, 0.1) is 12.7 Å². The van der Waals surface area contributed by atoms with Crippen LogP contribution in [0, 0.1) is 0 Å². The topological polar surface area (TPSA) is 70.8 Å². The minimum atomic E-state index is -0.919. The van der Waals surface area contributed by atoms with E-state index in [1.54, 1.807) is 18.2 Å². The number of furan rings is 1. The average Bonchev–Trinajstić information content (AvgIpc) is 2.76. The maximum Gasteiger partial charge on any atom is 0.305 e. The number of carboxylic acids is 1. The molecule has 0 fully saturated rings. The molecule has 1 heterocycles. The number of amides is 1. The number of nitrogens with zero attached hydrogens (tertiary/aromatic N) is 1. The predicted molar refractivity (Wildman–Crippen MR) is 71.5 cm³/mol. The minimum absolute atomic E-state index is 0.0718. The molecule has 0 bridgehead atoms. The SMILES string of the molecule is CC(C)(C)N(CCC(=O)O)C(=O)/C=C/c1ccco1. The van der Waals surface area contributed by atoms with Gasteiger partial charge in [-0.25, -0.2) is 0 Å². The largest absolute Gasteiger partial charge is 0.481 e. The van der Waals surface area contributed by atoms with Crippen LogP contribution in [-0.4, -0.2) is 34.0 Å². The normalized spacial score (nSPS) is 11.7. The zero-order valence-electron chi connectivity index (χ0n) is 11.4. The summed E-state index contributed by atoms with van der Waals surface area (Å²) in [4.78, 5) is 24.3. The highest BCUT2D eigenvalue weighted by Crippen LogP contribution is 2.15. The van der Waals surface area contributed by atoms with Crippen molar-refractivity contribution in [1.82, 2.24) is 4.90 Å². The number of carboxylic acid groups (broad SMARTS) is 1. The first kappa shape index (κ1) is 15.0. The molecule has 19 heavy (non-hydrogen) atoms. The van der Waals surface area contributed by atoms with E-state index in [1.165, 1.54) is 17.2 Å². The van der Waals surface area contributed by atoms with Gasteiger partial charge in [0.15, 0.2) is 0 Å². The van der Waals surface area contributed by atoms with Crippen LogP contribution in [0.4, 0.5) is 0 Å². The van der Waals surface area contributed by atoms with Gasteiger partial charge >= 0.3 is 5.97 Å². The Kier molecular flexibility index (Phi) is 4.92. The molecule has 5 nitrogen and oxygen atoms in total. The van der Waals surface area contributed by atoms with Crippen LogP contribution in [0.5, 0.6) is 0 Å². The second-order valence-electron chi connectivity index (χ2n) is 5.15. The maximum atomic E-state index is 12.1. The quantitative estimate of drug-likeness (QED) is 0.830. The molecule has 5 heteroatoms. The Hall–Kier alpha value is -2.04. The van der Waals surface area contributed by atoms with E-state index in [2.05, 4.69) is 0 Å². The summed E-state index contributed by atoms with van der Waals surface area (Å²) in [6.45, 7) is 5.79. The van der Waals surface area contributed by atoms with Crippen molar-refractivity contribution in [2.45, 2.75) is 32.7 Å². The monoisotopic (exact) mass is 265 g/mol. The van der Waals surface area contributed by atoms with E-state index in [0.29, 0.717) is 5.76 Å². The number of hydrogen-bond acceptors (Lipinski definition) is 3. The van der Waals surface area contributed by atoms with Crippen LogP contribution < -0.4 is 0 Å². The highest BCUT2D eigenvalue weighted by atomic mass is 16.4. The van der Waals surface area contributed by atoms with Crippen LogP contribution >= 0.6 is 0 Å². The van der Waals surface area contributed by atoms with E-state index in [0.717, 1.165) is 0 Å². The standard InChI is InChI=1S/C14H19NO4/c1-14(2,3)15(9-8-13(17)18)12(16)7-6-11-5-4-10-19-11/h4-7,10H,8-9H2,1-3H3,(H,17,18)/b7-6+. The Morgan fingerprint density at radius 3 is 2.58 bits per heavy atom. The second-order valence-corrected chi connectivity index (χ2v) is 5.15. The first-order valence-corrected chi connectivity index (χ1v) is 6.05. The summed E-state index contributed by atoms with van der Waals surface area (Å²) < 4.78 is 5.10. The zero-order valence-corrected chi connectivity index (χ0v) is 11.4. The molecule has 0 atom stereocenters. The Labute approximate surface area is 112 Å². The Morgan fingerprint density at radius 2 is 2.11 bits per heavy atom. The van der Waals surface area contributed by atoms with Gasteiger partial charge in [0.2, 0.25) is 5.91 Å². The third-order valence-electron chi connectivity index (χ3n) is 2.56. The molecule has 0 aliphatic carbocycles. The van der Waals surface area contributed by atoms with Crippen LogP contribution in [0.2, 0.25) is 0 Å². The van der Waals surface area contributed by atoms with Gasteiger partial charge in [-0.1, -0.05) is 0 Å². The summed E-state index contributed by atoms with van der Waals surface area (Å²) in [5.74, 6) is -0.567. The molecule has 1 aromatic heterocycles. The lowest BCUT2D eigenvalue weighted by molar-refractivity contribution is -0.139. The molecule has 0 aromatic carbocycles. The molecule has 0 saturated heterocycles. The van der Waals surface area contributed by atoms with Crippen molar-refractivity contribution in [2.75, 3.05) is 6.54 Å². The fourth-order valence-electron chi connectivity index (χ4n) is 1.61. The van der Waals surface area contributed by atoms with Crippen molar-refractivity contribution in [3.63, 3.8) is 0 Å². The van der Waals surface area contributed by atoms with Gasteiger partial charge in [-0.05, 0) is 39.0 Å². The first-order valence-electron chi connectivity index (χ1n) is 6.05. The van der Waals surface area contributed by atoms with Crippen molar-refractivity contribution in [1.29, 1.82) is 0 Å². The van der Waals surface area contributed by atoms with E-state index in [4.69, 9.17) is 9.52 Å². The molecular weight excluding hydrogens is 246 g/mol. The highest BCUT2D eigenvalue weighted by molar-refractivity contribution is 5.92. The molecule has 1 rings (SSSR count). The first-order chi connectivity index (χ1) is 8.80. The summed E-state index contributed by atoms with van der Waals surface area (Å²) in [6.07, 6.45) is 4.42. The van der Waals surface area contributed by atoms with E-state index in [-0.39, 0.29) is 18.9 Å². The van der Waals surface area contributed by atoms with Crippen LogP contribution in [0.25, 0.3) is 6.08 Å². The Balaban J connectivity index is 2.74. The van der Waals surface area contributed by atoms with Crippen molar-refractivity contribution >= 4 is 18.0 Å². The number of aliphatic carboxylic acids is 1. The molecule has 0 aliphatic heterocycles. The second kappa shape index (κ2) is 6.22. The zero-order chi connectivity index (χ0) is 14.5. The fraction of sp³-hybridized carbons (Fsp3) is 0.429. The molecule has 104 valence electrons. The number of carbonyl (C=O) groups excluding carboxylic acids is 1. The highest BCUT2D eigenvalue weighted by Gasteiger charge is 2.25. The maximum absolute atomic E-state index is 12.1. The smallest absolute Gasteiger partial charge is 0.305 e. The van der Waals surface area contributed by atoms with E-state index in [9.17, 15) is 9.59 Å². The summed E-state index contributed by atoms with van der Waals surface area (Å²) in [5, 5.41) is 8.72. The molecule has 0 saturated carbocycles. The number of carbonyl (C=O) groups is 2. The molecule has 0 aliphatic rings. The van der Waals surface area contributed by atoms with Crippen LogP contribution in [0.15, 0.2) is 28.9 Å². The molecule has 1 amide bonds. The lowest BCUT2D eigenvalue weighted by Crippen LogP contribution is -2.45. The average molecular weight is 265 g/mol. The molecule has 0 unspecified atom stereocenters. The van der Waals surface area contributed by atoms with Crippen molar-refractivity contribution in [3.05, 3.63) is 30.2 Å². The molecule has 1 aromatic rings. The van der Waals surface area contributed by atoms with Crippen molar-refractivity contribution in [3.8, 4) is 0 Å².